The molecule has 0 aliphatic carbocycles. The van der Waals surface area contributed by atoms with Crippen LogP contribution >= 0.6 is 23.8 Å². The molecule has 1 unspecified atom stereocenters. The van der Waals surface area contributed by atoms with E-state index in [1.165, 1.54) is 11.5 Å². The highest BCUT2D eigenvalue weighted by molar-refractivity contribution is 7.80. The second-order valence-corrected chi connectivity index (χ2v) is 5.13. The Kier molecular flexibility index (Phi) is 5.08. The van der Waals surface area contributed by atoms with E-state index in [0.29, 0.717) is 11.4 Å². The zero-order valence-electron chi connectivity index (χ0n) is 9.93. The van der Waals surface area contributed by atoms with E-state index in [9.17, 15) is 0 Å². The number of hydrogen-bond donors (Lipinski definition) is 1. The summed E-state index contributed by atoms with van der Waals surface area (Å²) in [7, 11) is 2.00. The van der Waals surface area contributed by atoms with E-state index in [1.54, 1.807) is 0 Å². The molecule has 16 heavy (non-hydrogen) atoms. The highest BCUT2D eigenvalue weighted by Gasteiger charge is 2.15. The summed E-state index contributed by atoms with van der Waals surface area (Å²) >= 11 is 6.34. The van der Waals surface area contributed by atoms with Crippen molar-refractivity contribution in [2.24, 2.45) is 5.73 Å². The predicted octanol–water partition coefficient (Wildman–Crippen LogP) is 1.99. The maximum atomic E-state index is 5.53. The van der Waals surface area contributed by atoms with Crippen LogP contribution < -0.4 is 10.6 Å². The Morgan fingerprint density at radius 2 is 2.31 bits per heavy atom. The second kappa shape index (κ2) is 6.10. The Bertz CT molecular complexity index is 350. The van der Waals surface area contributed by atoms with Crippen LogP contribution in [0.3, 0.4) is 0 Å². The molecule has 1 atom stereocenters. The van der Waals surface area contributed by atoms with Crippen molar-refractivity contribution in [2.75, 3.05) is 11.9 Å². The molecule has 0 fully saturated rings. The Balaban J connectivity index is 2.64. The quantitative estimate of drug-likeness (QED) is 0.791. The summed E-state index contributed by atoms with van der Waals surface area (Å²) in [6.07, 6.45) is 2.71. The average Bonchev–Trinajstić information content (AvgIpc) is 2.64. The van der Waals surface area contributed by atoms with Crippen LogP contribution in [0.4, 0.5) is 5.13 Å². The molecule has 90 valence electrons. The fraction of sp³-hybridized carbons (Fsp3) is 0.700. The van der Waals surface area contributed by atoms with Gasteiger partial charge in [-0.05, 0) is 13.3 Å². The standard InChI is InChI=1S/C10H18N4S2/c1-4-5-9-12-10(16-13-9)14(3)7(2)6-8(11)15/h7H,4-6H2,1-3H3,(H2,11,15). The van der Waals surface area contributed by atoms with Gasteiger partial charge in [0.05, 0.1) is 4.99 Å². The van der Waals surface area contributed by atoms with Crippen LogP contribution in [0.15, 0.2) is 0 Å². The molecule has 1 rings (SSSR count). The third-order valence-electron chi connectivity index (χ3n) is 2.39. The van der Waals surface area contributed by atoms with Crippen molar-refractivity contribution in [3.8, 4) is 0 Å². The van der Waals surface area contributed by atoms with Gasteiger partial charge in [0.25, 0.3) is 0 Å². The van der Waals surface area contributed by atoms with Gasteiger partial charge in [-0.2, -0.15) is 4.37 Å². The van der Waals surface area contributed by atoms with Crippen molar-refractivity contribution in [1.82, 2.24) is 9.36 Å². The Labute approximate surface area is 106 Å². The van der Waals surface area contributed by atoms with Gasteiger partial charge in [-0.1, -0.05) is 19.1 Å². The first-order chi connectivity index (χ1) is 7.54. The lowest BCUT2D eigenvalue weighted by Crippen LogP contribution is -2.32. The molecule has 1 heterocycles. The van der Waals surface area contributed by atoms with Gasteiger partial charge in [0.2, 0.25) is 5.13 Å². The summed E-state index contributed by atoms with van der Waals surface area (Å²) in [5.41, 5.74) is 5.53. The highest BCUT2D eigenvalue weighted by Crippen LogP contribution is 2.19. The normalized spacial score (nSPS) is 12.4. The maximum absolute atomic E-state index is 5.53. The Morgan fingerprint density at radius 1 is 1.62 bits per heavy atom. The lowest BCUT2D eigenvalue weighted by atomic mass is 10.2. The summed E-state index contributed by atoms with van der Waals surface area (Å²) in [5.74, 6) is 0.928. The van der Waals surface area contributed by atoms with E-state index in [-0.39, 0.29) is 6.04 Å². The van der Waals surface area contributed by atoms with Gasteiger partial charge < -0.3 is 10.6 Å². The van der Waals surface area contributed by atoms with Crippen molar-refractivity contribution in [3.63, 3.8) is 0 Å². The molecule has 1 aromatic rings. The predicted molar refractivity (Wildman–Crippen MR) is 73.2 cm³/mol. The molecule has 0 bridgehead atoms. The van der Waals surface area contributed by atoms with E-state index in [2.05, 4.69) is 28.1 Å². The fourth-order valence-corrected chi connectivity index (χ4v) is 2.35. The minimum Gasteiger partial charge on any atom is -0.393 e. The molecule has 4 nitrogen and oxygen atoms in total. The number of nitrogens with zero attached hydrogens (tertiary/aromatic N) is 3. The van der Waals surface area contributed by atoms with E-state index in [1.807, 2.05) is 7.05 Å². The number of thiocarbonyl (C=S) groups is 1. The smallest absolute Gasteiger partial charge is 0.205 e. The van der Waals surface area contributed by atoms with Crippen LogP contribution in [-0.2, 0) is 6.42 Å². The van der Waals surface area contributed by atoms with E-state index in [4.69, 9.17) is 18.0 Å². The molecule has 0 aliphatic heterocycles. The van der Waals surface area contributed by atoms with Crippen molar-refractivity contribution in [3.05, 3.63) is 5.82 Å². The van der Waals surface area contributed by atoms with Crippen LogP contribution in [0.5, 0.6) is 0 Å². The summed E-state index contributed by atoms with van der Waals surface area (Å²) in [5, 5.41) is 0.937. The monoisotopic (exact) mass is 258 g/mol. The molecule has 2 N–H and O–H groups in total. The lowest BCUT2D eigenvalue weighted by molar-refractivity contribution is 0.709. The molecular weight excluding hydrogens is 240 g/mol. The van der Waals surface area contributed by atoms with Gasteiger partial charge in [0.1, 0.15) is 5.82 Å². The van der Waals surface area contributed by atoms with Crippen molar-refractivity contribution < 1.29 is 0 Å². The third-order valence-corrected chi connectivity index (χ3v) is 3.40. The molecule has 0 spiro atoms. The number of aryl methyl sites for hydroxylation is 1. The van der Waals surface area contributed by atoms with Gasteiger partial charge in [-0.25, -0.2) is 4.98 Å². The number of anilines is 1. The SMILES string of the molecule is CCCc1nsc(N(C)C(C)CC(N)=S)n1. The minimum atomic E-state index is 0.264. The number of rotatable bonds is 6. The molecule has 0 radical (unpaired) electrons. The molecule has 0 saturated heterocycles. The molecule has 0 saturated carbocycles. The number of aromatic nitrogens is 2. The van der Waals surface area contributed by atoms with Gasteiger partial charge in [0.15, 0.2) is 0 Å². The number of nitrogens with two attached hydrogens (primary N) is 1. The maximum Gasteiger partial charge on any atom is 0.205 e. The first-order valence-corrected chi connectivity index (χ1v) is 6.56. The summed E-state index contributed by atoms with van der Waals surface area (Å²) in [6, 6.07) is 0.264. The van der Waals surface area contributed by atoms with Crippen molar-refractivity contribution >= 4 is 33.9 Å². The van der Waals surface area contributed by atoms with E-state index < -0.39 is 0 Å². The second-order valence-electron chi connectivity index (χ2n) is 3.87. The molecule has 1 aromatic heterocycles. The van der Waals surface area contributed by atoms with E-state index >= 15 is 0 Å². The topological polar surface area (TPSA) is 55.0 Å². The average molecular weight is 258 g/mol. The van der Waals surface area contributed by atoms with Gasteiger partial charge in [-0.15, -0.1) is 0 Å². The van der Waals surface area contributed by atoms with Crippen LogP contribution in [0, 0.1) is 0 Å². The lowest BCUT2D eigenvalue weighted by Gasteiger charge is -2.23. The van der Waals surface area contributed by atoms with Gasteiger partial charge >= 0.3 is 0 Å². The van der Waals surface area contributed by atoms with Crippen molar-refractivity contribution in [1.29, 1.82) is 0 Å². The number of hydrogen-bond acceptors (Lipinski definition) is 5. The van der Waals surface area contributed by atoms with Crippen LogP contribution in [-0.4, -0.2) is 27.4 Å². The summed E-state index contributed by atoms with van der Waals surface area (Å²) in [4.78, 5) is 7.10. The molecular formula is C10H18N4S2. The zero-order valence-corrected chi connectivity index (χ0v) is 11.6. The molecule has 0 aromatic carbocycles. The fourth-order valence-electron chi connectivity index (χ4n) is 1.33. The van der Waals surface area contributed by atoms with Crippen LogP contribution in [0.1, 0.15) is 32.5 Å². The van der Waals surface area contributed by atoms with Gasteiger partial charge in [0, 0.05) is 37.5 Å². The Morgan fingerprint density at radius 3 is 2.88 bits per heavy atom. The first-order valence-electron chi connectivity index (χ1n) is 5.38. The summed E-state index contributed by atoms with van der Waals surface area (Å²) < 4.78 is 4.31. The highest BCUT2D eigenvalue weighted by atomic mass is 32.1. The van der Waals surface area contributed by atoms with Gasteiger partial charge in [-0.3, -0.25) is 0 Å². The first kappa shape index (κ1) is 13.3. The summed E-state index contributed by atoms with van der Waals surface area (Å²) in [6.45, 7) is 4.21. The largest absolute Gasteiger partial charge is 0.393 e. The third kappa shape index (κ3) is 3.68. The molecule has 0 aliphatic rings. The van der Waals surface area contributed by atoms with Crippen LogP contribution in [0.2, 0.25) is 0 Å². The molecule has 0 amide bonds. The minimum absolute atomic E-state index is 0.264. The zero-order chi connectivity index (χ0) is 12.1. The van der Waals surface area contributed by atoms with Crippen LogP contribution in [0.25, 0.3) is 0 Å². The Hall–Kier alpha value is -0.750. The molecule has 6 heteroatoms. The van der Waals surface area contributed by atoms with Crippen molar-refractivity contribution in [2.45, 2.75) is 39.2 Å². The van der Waals surface area contributed by atoms with E-state index in [0.717, 1.165) is 23.8 Å².